The Morgan fingerprint density at radius 2 is 1.59 bits per heavy atom. The maximum atomic E-state index is 12.1. The van der Waals surface area contributed by atoms with Crippen LogP contribution in [0.25, 0.3) is 0 Å². The lowest BCUT2D eigenvalue weighted by Crippen LogP contribution is -2.22. The van der Waals surface area contributed by atoms with Crippen LogP contribution in [0.1, 0.15) is 18.4 Å². The summed E-state index contributed by atoms with van der Waals surface area (Å²) in [5.41, 5.74) is 1.93. The minimum absolute atomic E-state index is 0.0923. The van der Waals surface area contributed by atoms with Gasteiger partial charge in [-0.25, -0.2) is 0 Å². The minimum Gasteiger partial charge on any atom is -0.457 e. The summed E-state index contributed by atoms with van der Waals surface area (Å²) in [7, 11) is 0. The van der Waals surface area contributed by atoms with Crippen LogP contribution < -0.4 is 15.4 Å². The van der Waals surface area contributed by atoms with E-state index in [0.717, 1.165) is 11.3 Å². The third-order valence-electron chi connectivity index (χ3n) is 4.59. The van der Waals surface area contributed by atoms with Crippen LogP contribution in [0.15, 0.2) is 66.7 Å². The van der Waals surface area contributed by atoms with Crippen LogP contribution in [-0.4, -0.2) is 24.4 Å². The molecule has 0 aliphatic carbocycles. The van der Waals surface area contributed by atoms with Crippen molar-refractivity contribution < 1.29 is 23.9 Å². The zero-order valence-corrected chi connectivity index (χ0v) is 19.8. The lowest BCUT2D eigenvalue weighted by atomic mass is 10.2. The third kappa shape index (κ3) is 7.79. The van der Waals surface area contributed by atoms with E-state index in [1.54, 1.807) is 30.3 Å². The van der Waals surface area contributed by atoms with E-state index >= 15 is 0 Å². The van der Waals surface area contributed by atoms with Gasteiger partial charge in [-0.3, -0.25) is 14.4 Å². The van der Waals surface area contributed by atoms with Gasteiger partial charge < -0.3 is 20.1 Å². The summed E-state index contributed by atoms with van der Waals surface area (Å²) in [5.74, 6) is -0.205. The molecule has 2 amide bonds. The largest absolute Gasteiger partial charge is 0.457 e. The predicted molar refractivity (Wildman–Crippen MR) is 132 cm³/mol. The van der Waals surface area contributed by atoms with E-state index in [9.17, 15) is 14.4 Å². The molecule has 3 aromatic carbocycles. The number of para-hydroxylation sites is 1. The number of aryl methyl sites for hydroxylation is 1. The van der Waals surface area contributed by atoms with Crippen LogP contribution in [0, 0.1) is 6.92 Å². The Labute approximate surface area is 207 Å². The number of carbonyl (C=O) groups is 3. The van der Waals surface area contributed by atoms with Gasteiger partial charge in [0.05, 0.1) is 17.1 Å². The second-order valence-corrected chi connectivity index (χ2v) is 8.12. The number of benzene rings is 3. The van der Waals surface area contributed by atoms with Crippen LogP contribution in [-0.2, 0) is 19.1 Å². The molecule has 0 aromatic heterocycles. The van der Waals surface area contributed by atoms with Crippen molar-refractivity contribution in [1.82, 2.24) is 0 Å². The molecule has 9 heteroatoms. The van der Waals surface area contributed by atoms with Gasteiger partial charge >= 0.3 is 5.97 Å². The molecule has 176 valence electrons. The maximum absolute atomic E-state index is 12.1. The van der Waals surface area contributed by atoms with E-state index in [4.69, 9.17) is 32.7 Å². The molecular weight excluding hydrogens is 479 g/mol. The highest BCUT2D eigenvalue weighted by Gasteiger charge is 2.12. The average molecular weight is 501 g/mol. The fourth-order valence-electron chi connectivity index (χ4n) is 2.84. The van der Waals surface area contributed by atoms with Crippen LogP contribution in [0.4, 0.5) is 11.4 Å². The van der Waals surface area contributed by atoms with Gasteiger partial charge in [-0.2, -0.15) is 0 Å². The first kappa shape index (κ1) is 25.1. The molecule has 3 aromatic rings. The summed E-state index contributed by atoms with van der Waals surface area (Å²) >= 11 is 11.8. The number of hydrogen-bond donors (Lipinski definition) is 2. The highest BCUT2D eigenvalue weighted by molar-refractivity contribution is 6.36. The number of ether oxygens (including phenoxy) is 2. The SMILES string of the molecule is Cc1ccccc1Oc1ccc(NC(=O)CCC(=O)OCC(=O)Nc2ccc(Cl)cc2Cl)cc1. The molecule has 3 rings (SSSR count). The van der Waals surface area contributed by atoms with Gasteiger partial charge in [0.15, 0.2) is 6.61 Å². The van der Waals surface area contributed by atoms with Crippen molar-refractivity contribution in [3.05, 3.63) is 82.3 Å². The molecule has 0 fully saturated rings. The summed E-state index contributed by atoms with van der Waals surface area (Å²) in [6.07, 6.45) is -0.264. The summed E-state index contributed by atoms with van der Waals surface area (Å²) in [6.45, 7) is 1.46. The minimum atomic E-state index is -0.672. The Bertz CT molecular complexity index is 1180. The number of hydrogen-bond acceptors (Lipinski definition) is 5. The van der Waals surface area contributed by atoms with E-state index in [2.05, 4.69) is 10.6 Å². The summed E-state index contributed by atoms with van der Waals surface area (Å²) in [6, 6.07) is 19.1. The van der Waals surface area contributed by atoms with Crippen LogP contribution in [0.3, 0.4) is 0 Å². The van der Waals surface area contributed by atoms with Gasteiger partial charge in [0, 0.05) is 17.1 Å². The summed E-state index contributed by atoms with van der Waals surface area (Å²) in [5, 5.41) is 5.91. The Morgan fingerprint density at radius 3 is 2.29 bits per heavy atom. The number of nitrogens with one attached hydrogen (secondary N) is 2. The van der Waals surface area contributed by atoms with Crippen molar-refractivity contribution in [2.45, 2.75) is 19.8 Å². The number of esters is 1. The second-order valence-electron chi connectivity index (χ2n) is 7.27. The zero-order valence-electron chi connectivity index (χ0n) is 18.3. The molecule has 34 heavy (non-hydrogen) atoms. The van der Waals surface area contributed by atoms with E-state index in [1.807, 2.05) is 31.2 Å². The lowest BCUT2D eigenvalue weighted by molar-refractivity contribution is -0.147. The third-order valence-corrected chi connectivity index (χ3v) is 5.13. The fraction of sp³-hybridized carbons (Fsp3) is 0.160. The monoisotopic (exact) mass is 500 g/mol. The Balaban J connectivity index is 1.38. The first-order valence-electron chi connectivity index (χ1n) is 10.3. The molecule has 0 unspecified atom stereocenters. The van der Waals surface area contributed by atoms with E-state index in [0.29, 0.717) is 22.1 Å². The maximum Gasteiger partial charge on any atom is 0.306 e. The molecule has 0 saturated heterocycles. The van der Waals surface area contributed by atoms with E-state index < -0.39 is 18.5 Å². The Hall–Kier alpha value is -3.55. The Morgan fingerprint density at radius 1 is 0.853 bits per heavy atom. The smallest absolute Gasteiger partial charge is 0.306 e. The molecule has 0 aliphatic rings. The topological polar surface area (TPSA) is 93.7 Å². The standard InChI is InChI=1S/C25H22Cl2N2O5/c1-16-4-2-3-5-22(16)34-19-9-7-18(8-10-19)28-23(30)12-13-25(32)33-15-24(31)29-21-11-6-17(26)14-20(21)27/h2-11,14H,12-13,15H2,1H3,(H,28,30)(H,29,31). The van der Waals surface area contributed by atoms with Crippen LogP contribution in [0.5, 0.6) is 11.5 Å². The lowest BCUT2D eigenvalue weighted by Gasteiger charge is -2.10. The molecule has 0 spiro atoms. The normalized spacial score (nSPS) is 10.3. The van der Waals surface area contributed by atoms with E-state index in [-0.39, 0.29) is 23.8 Å². The fourth-order valence-corrected chi connectivity index (χ4v) is 3.29. The number of amides is 2. The van der Waals surface area contributed by atoms with Crippen LogP contribution in [0.2, 0.25) is 10.0 Å². The average Bonchev–Trinajstić information content (AvgIpc) is 2.81. The first-order valence-corrected chi connectivity index (χ1v) is 11.1. The molecule has 0 heterocycles. The van der Waals surface area contributed by atoms with E-state index in [1.165, 1.54) is 12.1 Å². The van der Waals surface area contributed by atoms with Gasteiger partial charge in [-0.05, 0) is 61.0 Å². The van der Waals surface area contributed by atoms with Crippen molar-refractivity contribution in [3.63, 3.8) is 0 Å². The number of anilines is 2. The number of halogens is 2. The molecule has 0 aliphatic heterocycles. The summed E-state index contributed by atoms with van der Waals surface area (Å²) < 4.78 is 10.7. The highest BCUT2D eigenvalue weighted by Crippen LogP contribution is 2.26. The summed E-state index contributed by atoms with van der Waals surface area (Å²) in [4.78, 5) is 35.9. The quantitative estimate of drug-likeness (QED) is 0.351. The van der Waals surface area contributed by atoms with Crippen molar-refractivity contribution in [3.8, 4) is 11.5 Å². The second kappa shape index (κ2) is 12.1. The van der Waals surface area contributed by atoms with Crippen molar-refractivity contribution >= 4 is 52.4 Å². The molecule has 2 N–H and O–H groups in total. The van der Waals surface area contributed by atoms with Gasteiger partial charge in [0.1, 0.15) is 11.5 Å². The molecule has 7 nitrogen and oxygen atoms in total. The molecule has 0 radical (unpaired) electrons. The Kier molecular flexibility index (Phi) is 8.90. The number of rotatable bonds is 9. The number of carbonyl (C=O) groups excluding carboxylic acids is 3. The predicted octanol–water partition coefficient (Wildman–Crippen LogP) is 5.99. The van der Waals surface area contributed by atoms with Gasteiger partial charge in [-0.1, -0.05) is 41.4 Å². The van der Waals surface area contributed by atoms with Gasteiger partial charge in [0.2, 0.25) is 5.91 Å². The van der Waals surface area contributed by atoms with Crippen molar-refractivity contribution in [2.24, 2.45) is 0 Å². The van der Waals surface area contributed by atoms with Gasteiger partial charge in [-0.15, -0.1) is 0 Å². The highest BCUT2D eigenvalue weighted by atomic mass is 35.5. The van der Waals surface area contributed by atoms with Crippen molar-refractivity contribution in [2.75, 3.05) is 17.2 Å². The first-order chi connectivity index (χ1) is 16.3. The zero-order chi connectivity index (χ0) is 24.5. The molecule has 0 bridgehead atoms. The van der Waals surface area contributed by atoms with Gasteiger partial charge in [0.25, 0.3) is 5.91 Å². The van der Waals surface area contributed by atoms with Crippen LogP contribution >= 0.6 is 23.2 Å². The van der Waals surface area contributed by atoms with Crippen molar-refractivity contribution in [1.29, 1.82) is 0 Å². The molecule has 0 saturated carbocycles. The molecular formula is C25H22Cl2N2O5. The molecule has 0 atom stereocenters.